The highest BCUT2D eigenvalue weighted by molar-refractivity contribution is 7.89. The Hall–Kier alpha value is -2.19. The van der Waals surface area contributed by atoms with Gasteiger partial charge in [-0.25, -0.2) is 8.42 Å². The van der Waals surface area contributed by atoms with Crippen molar-refractivity contribution >= 4 is 15.9 Å². The van der Waals surface area contributed by atoms with E-state index in [1.165, 1.54) is 16.6 Å². The molecule has 0 bridgehead atoms. The first-order valence-corrected chi connectivity index (χ1v) is 10.2. The van der Waals surface area contributed by atoms with Gasteiger partial charge in [-0.1, -0.05) is 6.07 Å². The van der Waals surface area contributed by atoms with Crippen molar-refractivity contribution in [3.05, 3.63) is 48.0 Å². The van der Waals surface area contributed by atoms with Crippen LogP contribution < -0.4 is 0 Å². The number of pyridine rings is 1. The van der Waals surface area contributed by atoms with E-state index in [-0.39, 0.29) is 23.4 Å². The van der Waals surface area contributed by atoms with Crippen LogP contribution in [0.2, 0.25) is 0 Å². The summed E-state index contributed by atoms with van der Waals surface area (Å²) in [5.41, 5.74) is 0.987. The van der Waals surface area contributed by atoms with E-state index in [1.807, 2.05) is 19.9 Å². The van der Waals surface area contributed by atoms with Crippen molar-refractivity contribution in [2.24, 2.45) is 0 Å². The summed E-state index contributed by atoms with van der Waals surface area (Å²) < 4.78 is 27.6. The zero-order valence-corrected chi connectivity index (χ0v) is 15.9. The topological polar surface area (TPSA) is 86.4 Å². The first kappa shape index (κ1) is 18.6. The van der Waals surface area contributed by atoms with Crippen LogP contribution >= 0.6 is 0 Å². The molecule has 0 radical (unpaired) electrons. The van der Waals surface area contributed by atoms with Crippen molar-refractivity contribution in [1.82, 2.24) is 19.2 Å². The number of hydrogen-bond acceptors (Lipinski definition) is 4. The number of H-pyrrole nitrogens is 1. The minimum Gasteiger partial charge on any atom is -0.356 e. The van der Waals surface area contributed by atoms with Gasteiger partial charge in [-0.3, -0.25) is 9.78 Å². The Balaban J connectivity index is 1.84. The fourth-order valence-electron chi connectivity index (χ4n) is 3.07. The van der Waals surface area contributed by atoms with E-state index in [1.54, 1.807) is 23.2 Å². The molecule has 1 aliphatic rings. The second kappa shape index (κ2) is 7.59. The van der Waals surface area contributed by atoms with Gasteiger partial charge in [0.2, 0.25) is 10.0 Å². The number of amides is 1. The lowest BCUT2D eigenvalue weighted by Gasteiger charge is -2.25. The monoisotopic (exact) mass is 376 g/mol. The molecule has 8 heteroatoms. The zero-order chi connectivity index (χ0) is 18.7. The molecule has 3 heterocycles. The molecule has 140 valence electrons. The molecule has 1 amide bonds. The molecule has 2 aromatic heterocycles. The number of likely N-dealkylation sites (tertiary alicyclic amines) is 1. The van der Waals surface area contributed by atoms with E-state index in [9.17, 15) is 13.2 Å². The van der Waals surface area contributed by atoms with Gasteiger partial charge in [-0.2, -0.15) is 4.31 Å². The van der Waals surface area contributed by atoms with Crippen LogP contribution in [-0.2, 0) is 16.6 Å². The fraction of sp³-hybridized carbons (Fsp3) is 0.444. The molecule has 2 aromatic rings. The van der Waals surface area contributed by atoms with Crippen LogP contribution in [0, 0.1) is 0 Å². The summed E-state index contributed by atoms with van der Waals surface area (Å²) >= 11 is 0. The molecule has 1 aliphatic heterocycles. The van der Waals surface area contributed by atoms with E-state index in [0.717, 1.165) is 25.9 Å². The predicted octanol–water partition coefficient (Wildman–Crippen LogP) is 2.25. The maximum Gasteiger partial charge on any atom is 0.270 e. The molecule has 7 nitrogen and oxygen atoms in total. The Labute approximate surface area is 154 Å². The molecule has 1 fully saturated rings. The van der Waals surface area contributed by atoms with Crippen LogP contribution in [0.5, 0.6) is 0 Å². The van der Waals surface area contributed by atoms with Crippen molar-refractivity contribution in [3.8, 4) is 0 Å². The van der Waals surface area contributed by atoms with Gasteiger partial charge in [-0.05, 0) is 44.9 Å². The number of aromatic amines is 1. The number of sulfonamides is 1. The molecule has 0 saturated carbocycles. The third-order valence-electron chi connectivity index (χ3n) is 4.51. The normalized spacial score (nSPS) is 15.2. The minimum atomic E-state index is -3.74. The quantitative estimate of drug-likeness (QED) is 0.838. The highest BCUT2D eigenvalue weighted by atomic mass is 32.2. The maximum absolute atomic E-state index is 13.1. The summed E-state index contributed by atoms with van der Waals surface area (Å²) in [6.07, 6.45) is 5.02. The number of nitrogens with one attached hydrogen (secondary N) is 1. The lowest BCUT2D eigenvalue weighted by Crippen LogP contribution is -2.36. The minimum absolute atomic E-state index is 0.102. The second-order valence-electron chi connectivity index (χ2n) is 6.71. The first-order valence-electron chi connectivity index (χ1n) is 8.79. The molecule has 1 N–H and O–H groups in total. The Morgan fingerprint density at radius 1 is 1.31 bits per heavy atom. The summed E-state index contributed by atoms with van der Waals surface area (Å²) in [7, 11) is -3.74. The Morgan fingerprint density at radius 2 is 2.04 bits per heavy atom. The van der Waals surface area contributed by atoms with E-state index in [0.29, 0.717) is 11.4 Å². The predicted molar refractivity (Wildman–Crippen MR) is 98.0 cm³/mol. The number of hydrogen-bond donors (Lipinski definition) is 1. The Bertz CT molecular complexity index is 856. The van der Waals surface area contributed by atoms with Gasteiger partial charge in [-0.15, -0.1) is 0 Å². The largest absolute Gasteiger partial charge is 0.356 e. The summed E-state index contributed by atoms with van der Waals surface area (Å²) in [5.74, 6) is -0.148. The molecule has 0 unspecified atom stereocenters. The summed E-state index contributed by atoms with van der Waals surface area (Å²) in [6.45, 7) is 5.27. The summed E-state index contributed by atoms with van der Waals surface area (Å²) in [6, 6.07) is 6.61. The molecular weight excluding hydrogens is 352 g/mol. The van der Waals surface area contributed by atoms with Gasteiger partial charge in [0, 0.05) is 31.5 Å². The third kappa shape index (κ3) is 3.81. The van der Waals surface area contributed by atoms with Gasteiger partial charge in [0.05, 0.1) is 12.2 Å². The molecule has 0 spiro atoms. The standard InChI is InChI=1S/C18H24N4O3S/c1-14(2)22(13-15-7-3-4-8-19-15)26(24,25)16-11-17(20-12-16)18(23)21-9-5-6-10-21/h3-4,7-8,11-12,14,20H,5-6,9-10,13H2,1-2H3. The van der Waals surface area contributed by atoms with Crippen LogP contribution in [0.3, 0.4) is 0 Å². The highest BCUT2D eigenvalue weighted by Gasteiger charge is 2.30. The van der Waals surface area contributed by atoms with E-state index < -0.39 is 10.0 Å². The number of aromatic nitrogens is 2. The van der Waals surface area contributed by atoms with Crippen LogP contribution in [0.25, 0.3) is 0 Å². The van der Waals surface area contributed by atoms with Crippen LogP contribution in [0.15, 0.2) is 41.6 Å². The molecular formula is C18H24N4O3S. The Morgan fingerprint density at radius 3 is 2.65 bits per heavy atom. The first-order chi connectivity index (χ1) is 12.4. The molecule has 0 aromatic carbocycles. The number of carbonyl (C=O) groups excluding carboxylic acids is 1. The van der Waals surface area contributed by atoms with Gasteiger partial charge < -0.3 is 9.88 Å². The van der Waals surface area contributed by atoms with Crippen molar-refractivity contribution < 1.29 is 13.2 Å². The number of carbonyl (C=O) groups is 1. The molecule has 3 rings (SSSR count). The average molecular weight is 376 g/mol. The van der Waals surface area contributed by atoms with E-state index >= 15 is 0 Å². The lowest BCUT2D eigenvalue weighted by atomic mass is 10.3. The van der Waals surface area contributed by atoms with Crippen LogP contribution in [0.1, 0.15) is 42.9 Å². The molecule has 26 heavy (non-hydrogen) atoms. The van der Waals surface area contributed by atoms with Gasteiger partial charge in [0.1, 0.15) is 10.6 Å². The lowest BCUT2D eigenvalue weighted by molar-refractivity contribution is 0.0787. The van der Waals surface area contributed by atoms with Gasteiger partial charge >= 0.3 is 0 Å². The second-order valence-corrected chi connectivity index (χ2v) is 8.60. The molecule has 0 atom stereocenters. The average Bonchev–Trinajstić information content (AvgIpc) is 3.31. The van der Waals surface area contributed by atoms with Crippen LogP contribution in [-0.4, -0.2) is 52.6 Å². The smallest absolute Gasteiger partial charge is 0.270 e. The fourth-order valence-corrected chi connectivity index (χ4v) is 4.67. The van der Waals surface area contributed by atoms with Crippen molar-refractivity contribution in [1.29, 1.82) is 0 Å². The zero-order valence-electron chi connectivity index (χ0n) is 15.1. The number of rotatable bonds is 6. The van der Waals surface area contributed by atoms with Gasteiger partial charge in [0.25, 0.3) is 5.91 Å². The molecule has 1 saturated heterocycles. The number of nitrogens with zero attached hydrogens (tertiary/aromatic N) is 3. The molecule has 0 aliphatic carbocycles. The maximum atomic E-state index is 13.1. The van der Waals surface area contributed by atoms with Crippen LogP contribution in [0.4, 0.5) is 0 Å². The van der Waals surface area contributed by atoms with Crippen molar-refractivity contribution in [2.45, 2.75) is 44.2 Å². The van der Waals surface area contributed by atoms with E-state index in [4.69, 9.17) is 0 Å². The Kier molecular flexibility index (Phi) is 5.43. The summed E-state index contributed by atoms with van der Waals surface area (Å²) in [5, 5.41) is 0. The van der Waals surface area contributed by atoms with Gasteiger partial charge in [0.15, 0.2) is 0 Å². The van der Waals surface area contributed by atoms with Crippen molar-refractivity contribution in [3.63, 3.8) is 0 Å². The van der Waals surface area contributed by atoms with Crippen molar-refractivity contribution in [2.75, 3.05) is 13.1 Å². The SMILES string of the molecule is CC(C)N(Cc1ccccn1)S(=O)(=O)c1c[nH]c(C(=O)N2CCCC2)c1. The van der Waals surface area contributed by atoms with E-state index in [2.05, 4.69) is 9.97 Å². The third-order valence-corrected chi connectivity index (χ3v) is 6.51. The summed E-state index contributed by atoms with van der Waals surface area (Å²) in [4.78, 5) is 21.4. The highest BCUT2D eigenvalue weighted by Crippen LogP contribution is 2.22.